The first-order chi connectivity index (χ1) is 16.2. The number of nitrogens with zero attached hydrogens (tertiary/aromatic N) is 3. The molecular formula is C26H31N5O2S. The van der Waals surface area contributed by atoms with Crippen molar-refractivity contribution in [2.24, 2.45) is 4.99 Å². The fourth-order valence-corrected chi connectivity index (χ4v) is 5.25. The Labute approximate surface area is 205 Å². The maximum absolute atomic E-state index is 13.6. The van der Waals surface area contributed by atoms with Crippen molar-refractivity contribution in [2.75, 3.05) is 37.0 Å². The van der Waals surface area contributed by atoms with Crippen LogP contribution in [-0.2, 0) is 4.79 Å². The van der Waals surface area contributed by atoms with Gasteiger partial charge in [0.1, 0.15) is 0 Å². The number of amidine groups is 1. The van der Waals surface area contributed by atoms with Gasteiger partial charge < -0.3 is 20.4 Å². The Morgan fingerprint density at radius 3 is 2.47 bits per heavy atom. The van der Waals surface area contributed by atoms with Gasteiger partial charge in [-0.2, -0.15) is 0 Å². The molecule has 2 aromatic rings. The van der Waals surface area contributed by atoms with Crippen LogP contribution in [0.15, 0.2) is 58.7 Å². The Kier molecular flexibility index (Phi) is 6.97. The summed E-state index contributed by atoms with van der Waals surface area (Å²) < 4.78 is 0. The zero-order valence-electron chi connectivity index (χ0n) is 20.3. The molecule has 1 fully saturated rings. The number of hydrogen-bond acceptors (Lipinski definition) is 5. The second-order valence-electron chi connectivity index (χ2n) is 8.91. The second kappa shape index (κ2) is 9.93. The van der Waals surface area contributed by atoms with E-state index in [4.69, 9.17) is 4.99 Å². The first-order valence-electron chi connectivity index (χ1n) is 11.4. The average Bonchev–Trinajstić information content (AvgIpc) is 2.80. The second-order valence-corrected chi connectivity index (χ2v) is 9.97. The van der Waals surface area contributed by atoms with Gasteiger partial charge in [-0.1, -0.05) is 41.6 Å². The van der Waals surface area contributed by atoms with Crippen molar-refractivity contribution < 1.29 is 9.59 Å². The van der Waals surface area contributed by atoms with E-state index >= 15 is 0 Å². The summed E-state index contributed by atoms with van der Waals surface area (Å²) in [5.74, 6) is 0.882. The number of carbonyl (C=O) groups excluding carboxylic acids is 2. The van der Waals surface area contributed by atoms with Gasteiger partial charge in [0.2, 0.25) is 0 Å². The predicted octanol–water partition coefficient (Wildman–Crippen LogP) is 5.16. The lowest BCUT2D eigenvalue weighted by molar-refractivity contribution is -0.113. The highest BCUT2D eigenvalue weighted by Gasteiger charge is 2.37. The smallest absolute Gasteiger partial charge is 0.321 e. The number of allylic oxidation sites excluding steroid dienone is 1. The SMILES string of the molecule is CC1=C(C(=O)Nc2ccc(C)cc2C)C(c2ccc(NC(=O)N(C)C)cc2)N2CCCSC2=N1. The lowest BCUT2D eigenvalue weighted by atomic mass is 9.93. The summed E-state index contributed by atoms with van der Waals surface area (Å²) in [6.45, 7) is 6.79. The third kappa shape index (κ3) is 4.97. The number of urea groups is 1. The highest BCUT2D eigenvalue weighted by molar-refractivity contribution is 8.13. The molecule has 3 amide bonds. The fourth-order valence-electron chi connectivity index (χ4n) is 4.23. The van der Waals surface area contributed by atoms with Crippen molar-refractivity contribution in [2.45, 2.75) is 33.2 Å². The van der Waals surface area contributed by atoms with Gasteiger partial charge in [0.15, 0.2) is 5.17 Å². The number of anilines is 2. The maximum atomic E-state index is 13.6. The normalized spacial score (nSPS) is 17.6. The van der Waals surface area contributed by atoms with Crippen LogP contribution in [0.5, 0.6) is 0 Å². The van der Waals surface area contributed by atoms with Gasteiger partial charge in [0.05, 0.1) is 17.3 Å². The zero-order valence-corrected chi connectivity index (χ0v) is 21.1. The quantitative estimate of drug-likeness (QED) is 0.638. The first kappa shape index (κ1) is 23.9. The monoisotopic (exact) mass is 477 g/mol. The van der Waals surface area contributed by atoms with E-state index in [0.717, 1.165) is 52.0 Å². The van der Waals surface area contributed by atoms with Gasteiger partial charge in [-0.25, -0.2) is 9.79 Å². The summed E-state index contributed by atoms with van der Waals surface area (Å²) >= 11 is 1.73. The molecule has 0 spiro atoms. The Hall–Kier alpha value is -3.26. The van der Waals surface area contributed by atoms with Crippen molar-refractivity contribution in [1.29, 1.82) is 0 Å². The van der Waals surface area contributed by atoms with Gasteiger partial charge in [0.25, 0.3) is 5.91 Å². The third-order valence-electron chi connectivity index (χ3n) is 6.02. The molecule has 0 saturated carbocycles. The van der Waals surface area contributed by atoms with Crippen molar-refractivity contribution >= 4 is 40.2 Å². The molecule has 1 atom stereocenters. The van der Waals surface area contributed by atoms with Crippen molar-refractivity contribution in [3.63, 3.8) is 0 Å². The molecule has 2 heterocycles. The molecule has 34 heavy (non-hydrogen) atoms. The number of aryl methyl sites for hydroxylation is 2. The number of hydrogen-bond donors (Lipinski definition) is 2. The molecule has 2 aliphatic heterocycles. The molecule has 0 aromatic heterocycles. The number of carbonyl (C=O) groups is 2. The van der Waals surface area contributed by atoms with E-state index in [0.29, 0.717) is 11.3 Å². The molecule has 2 N–H and O–H groups in total. The summed E-state index contributed by atoms with van der Waals surface area (Å²) in [4.78, 5) is 34.2. The number of aliphatic imine (C=N–C) groups is 1. The maximum Gasteiger partial charge on any atom is 0.321 e. The lowest BCUT2D eigenvalue weighted by Crippen LogP contribution is -2.43. The van der Waals surface area contributed by atoms with Crippen LogP contribution in [0.2, 0.25) is 0 Å². The highest BCUT2D eigenvalue weighted by atomic mass is 32.2. The molecule has 0 radical (unpaired) electrons. The molecule has 2 aliphatic rings. The lowest BCUT2D eigenvalue weighted by Gasteiger charge is -2.41. The first-order valence-corrected chi connectivity index (χ1v) is 12.4. The molecule has 0 aliphatic carbocycles. The molecule has 7 nitrogen and oxygen atoms in total. The van der Waals surface area contributed by atoms with Crippen LogP contribution < -0.4 is 10.6 Å². The third-order valence-corrected chi connectivity index (χ3v) is 7.09. The van der Waals surface area contributed by atoms with Crippen LogP contribution in [-0.4, -0.2) is 53.3 Å². The number of rotatable bonds is 4. The largest absolute Gasteiger partial charge is 0.340 e. The van der Waals surface area contributed by atoms with Gasteiger partial charge in [-0.15, -0.1) is 0 Å². The molecule has 8 heteroatoms. The standard InChI is InChI=1S/C26H31N5O2S/c1-16-7-12-21(17(2)15-16)29-24(32)22-18(3)27-26-31(13-6-14-34-26)23(22)19-8-10-20(11-9-19)28-25(33)30(4)5/h7-12,15,23H,6,13-14H2,1-5H3,(H,28,33)(H,29,32). The van der Waals surface area contributed by atoms with E-state index in [1.807, 2.05) is 57.2 Å². The van der Waals surface area contributed by atoms with Gasteiger partial charge in [-0.3, -0.25) is 4.79 Å². The molecule has 2 aromatic carbocycles. The summed E-state index contributed by atoms with van der Waals surface area (Å²) in [7, 11) is 3.41. The van der Waals surface area contributed by atoms with E-state index in [9.17, 15) is 9.59 Å². The van der Waals surface area contributed by atoms with E-state index < -0.39 is 0 Å². The minimum Gasteiger partial charge on any atom is -0.340 e. The highest BCUT2D eigenvalue weighted by Crippen LogP contribution is 2.40. The summed E-state index contributed by atoms with van der Waals surface area (Å²) in [5, 5.41) is 6.95. The molecule has 1 saturated heterocycles. The average molecular weight is 478 g/mol. The van der Waals surface area contributed by atoms with Crippen LogP contribution in [0.25, 0.3) is 0 Å². The van der Waals surface area contributed by atoms with Crippen molar-refractivity contribution in [1.82, 2.24) is 9.80 Å². The van der Waals surface area contributed by atoms with Crippen molar-refractivity contribution in [3.8, 4) is 0 Å². The van der Waals surface area contributed by atoms with Crippen LogP contribution in [0.4, 0.5) is 16.2 Å². The van der Waals surface area contributed by atoms with E-state index in [1.54, 1.807) is 25.9 Å². The molecule has 1 unspecified atom stereocenters. The zero-order chi connectivity index (χ0) is 24.4. The summed E-state index contributed by atoms with van der Waals surface area (Å²) in [6, 6.07) is 13.3. The number of fused-ring (bicyclic) bond motifs is 1. The van der Waals surface area contributed by atoms with E-state index in [1.165, 1.54) is 4.90 Å². The van der Waals surface area contributed by atoms with E-state index in [-0.39, 0.29) is 18.0 Å². The topological polar surface area (TPSA) is 77.0 Å². The van der Waals surface area contributed by atoms with Crippen LogP contribution in [0, 0.1) is 13.8 Å². The minimum absolute atomic E-state index is 0.141. The van der Waals surface area contributed by atoms with Gasteiger partial charge in [0, 0.05) is 37.8 Å². The number of benzene rings is 2. The van der Waals surface area contributed by atoms with Gasteiger partial charge in [-0.05, 0) is 56.5 Å². The van der Waals surface area contributed by atoms with Gasteiger partial charge >= 0.3 is 6.03 Å². The number of thioether (sulfide) groups is 1. The Morgan fingerprint density at radius 1 is 1.06 bits per heavy atom. The predicted molar refractivity (Wildman–Crippen MR) is 140 cm³/mol. The Morgan fingerprint density at radius 2 is 1.79 bits per heavy atom. The van der Waals surface area contributed by atoms with Crippen LogP contribution in [0.3, 0.4) is 0 Å². The van der Waals surface area contributed by atoms with Crippen LogP contribution >= 0.6 is 11.8 Å². The number of nitrogens with one attached hydrogen (secondary N) is 2. The molecule has 0 bridgehead atoms. The minimum atomic E-state index is -0.246. The Bertz CT molecular complexity index is 1170. The fraction of sp³-hybridized carbons (Fsp3) is 0.346. The van der Waals surface area contributed by atoms with E-state index in [2.05, 4.69) is 21.6 Å². The summed E-state index contributed by atoms with van der Waals surface area (Å²) in [6.07, 6.45) is 1.03. The molecular weight excluding hydrogens is 446 g/mol. The molecule has 4 rings (SSSR count). The van der Waals surface area contributed by atoms with Crippen LogP contribution in [0.1, 0.15) is 36.1 Å². The summed E-state index contributed by atoms with van der Waals surface area (Å²) in [5.41, 5.74) is 6.07. The Balaban J connectivity index is 1.68. The van der Waals surface area contributed by atoms with Crippen molar-refractivity contribution in [3.05, 3.63) is 70.4 Å². The number of amides is 3. The molecule has 178 valence electrons.